The molecule has 1 fully saturated rings. The van der Waals surface area contributed by atoms with Gasteiger partial charge >= 0.3 is 5.97 Å². The number of halogens is 2. The van der Waals surface area contributed by atoms with E-state index in [0.29, 0.717) is 26.9 Å². The fourth-order valence-electron chi connectivity index (χ4n) is 3.94. The van der Waals surface area contributed by atoms with Crippen LogP contribution in [0.15, 0.2) is 72.8 Å². The highest BCUT2D eigenvalue weighted by atomic mass is 35.5. The Bertz CT molecular complexity index is 1290. The molecule has 0 N–H and O–H groups in total. The fourth-order valence-corrected chi connectivity index (χ4v) is 4.24. The molecule has 3 aromatic carbocycles. The molecule has 0 spiro atoms. The first-order chi connectivity index (χ1) is 16.7. The van der Waals surface area contributed by atoms with Crippen molar-refractivity contribution in [2.45, 2.75) is 19.4 Å². The third kappa shape index (κ3) is 5.45. The monoisotopic (exact) mass is 509 g/mol. The van der Waals surface area contributed by atoms with Crippen molar-refractivity contribution in [3.8, 4) is 0 Å². The minimum atomic E-state index is -1.03. The number of nitrogens with zero attached hydrogens (tertiary/aromatic N) is 1. The first-order valence-corrected chi connectivity index (χ1v) is 11.7. The Labute approximate surface area is 212 Å². The minimum absolute atomic E-state index is 0.0240. The Morgan fingerprint density at radius 1 is 0.914 bits per heavy atom. The van der Waals surface area contributed by atoms with E-state index in [4.69, 9.17) is 27.9 Å². The summed E-state index contributed by atoms with van der Waals surface area (Å²) in [5.41, 5.74) is 1.45. The second kappa shape index (κ2) is 10.4. The molecule has 0 saturated carbocycles. The van der Waals surface area contributed by atoms with Gasteiger partial charge in [-0.15, -0.1) is 0 Å². The highest BCUT2D eigenvalue weighted by Crippen LogP contribution is 2.32. The van der Waals surface area contributed by atoms with Crippen molar-refractivity contribution in [1.29, 1.82) is 0 Å². The molecule has 1 aliphatic heterocycles. The Morgan fingerprint density at radius 3 is 2.26 bits per heavy atom. The van der Waals surface area contributed by atoms with E-state index >= 15 is 0 Å². The van der Waals surface area contributed by atoms with Crippen LogP contribution in [-0.2, 0) is 14.3 Å². The van der Waals surface area contributed by atoms with Crippen LogP contribution in [0, 0.1) is 5.92 Å². The number of carbonyl (C=O) groups excluding carboxylic acids is 4. The van der Waals surface area contributed by atoms with Gasteiger partial charge in [-0.1, -0.05) is 53.5 Å². The Balaban J connectivity index is 1.50. The van der Waals surface area contributed by atoms with Crippen molar-refractivity contribution in [3.05, 3.63) is 99.5 Å². The number of rotatable bonds is 7. The molecule has 0 unspecified atom stereocenters. The summed E-state index contributed by atoms with van der Waals surface area (Å²) in [6.45, 7) is 1.51. The predicted molar refractivity (Wildman–Crippen MR) is 133 cm³/mol. The van der Waals surface area contributed by atoms with Gasteiger partial charge in [-0.05, 0) is 49.4 Å². The molecule has 1 aliphatic rings. The number of hydrogen-bond acceptors (Lipinski definition) is 5. The van der Waals surface area contributed by atoms with Crippen LogP contribution in [-0.4, -0.2) is 36.1 Å². The summed E-state index contributed by atoms with van der Waals surface area (Å²) >= 11 is 12.0. The average molecular weight is 510 g/mol. The largest absolute Gasteiger partial charge is 0.454 e. The van der Waals surface area contributed by atoms with Crippen LogP contribution in [0.4, 0.5) is 5.69 Å². The van der Waals surface area contributed by atoms with E-state index in [1.807, 2.05) is 0 Å². The number of hydrogen-bond donors (Lipinski definition) is 0. The second-order valence-electron chi connectivity index (χ2n) is 8.21. The molecule has 0 radical (unpaired) electrons. The van der Waals surface area contributed by atoms with Gasteiger partial charge in [0.15, 0.2) is 11.9 Å². The van der Waals surface area contributed by atoms with E-state index in [1.165, 1.54) is 17.9 Å². The molecule has 2 atom stereocenters. The number of benzene rings is 3. The van der Waals surface area contributed by atoms with E-state index in [0.717, 1.165) is 0 Å². The number of ether oxygens (including phenoxy) is 1. The van der Waals surface area contributed by atoms with Crippen LogP contribution in [0.1, 0.15) is 39.6 Å². The van der Waals surface area contributed by atoms with Gasteiger partial charge in [0.2, 0.25) is 11.7 Å². The number of carbonyl (C=O) groups is 4. The Kier molecular flexibility index (Phi) is 7.34. The quantitative estimate of drug-likeness (QED) is 0.315. The molecule has 1 heterocycles. The third-order valence-corrected chi connectivity index (χ3v) is 6.27. The highest BCUT2D eigenvalue weighted by molar-refractivity contribution is 6.31. The van der Waals surface area contributed by atoms with Gasteiger partial charge in [-0.3, -0.25) is 19.2 Å². The summed E-state index contributed by atoms with van der Waals surface area (Å²) in [4.78, 5) is 52.8. The van der Waals surface area contributed by atoms with Crippen molar-refractivity contribution in [2.75, 3.05) is 11.4 Å². The Hall–Kier alpha value is -3.48. The molecule has 0 bridgehead atoms. The molecule has 4 rings (SSSR count). The fraction of sp³-hybridized carbons (Fsp3) is 0.185. The Morgan fingerprint density at radius 2 is 1.57 bits per heavy atom. The van der Waals surface area contributed by atoms with E-state index in [9.17, 15) is 19.2 Å². The summed E-state index contributed by atoms with van der Waals surface area (Å²) in [5, 5.41) is 0.841. The van der Waals surface area contributed by atoms with Gasteiger partial charge in [-0.2, -0.15) is 0 Å². The lowest BCUT2D eigenvalue weighted by molar-refractivity contribution is -0.151. The van der Waals surface area contributed by atoms with Gasteiger partial charge in [0.25, 0.3) is 0 Å². The summed E-state index contributed by atoms with van der Waals surface area (Å²) in [6.07, 6.45) is -1.12. The van der Waals surface area contributed by atoms with E-state index in [1.54, 1.807) is 66.7 Å². The number of amides is 1. The molecular formula is C27H21Cl2NO5. The molecule has 1 saturated heterocycles. The summed E-state index contributed by atoms with van der Waals surface area (Å²) in [5.74, 6) is -2.42. The predicted octanol–water partition coefficient (Wildman–Crippen LogP) is 5.39. The molecule has 0 aromatic heterocycles. The van der Waals surface area contributed by atoms with Gasteiger partial charge < -0.3 is 9.64 Å². The zero-order valence-corrected chi connectivity index (χ0v) is 20.3. The van der Waals surface area contributed by atoms with Gasteiger partial charge in [0.1, 0.15) is 0 Å². The highest BCUT2D eigenvalue weighted by Gasteiger charge is 2.38. The third-order valence-electron chi connectivity index (χ3n) is 5.78. The van der Waals surface area contributed by atoms with Gasteiger partial charge in [0.05, 0.1) is 11.6 Å². The van der Waals surface area contributed by atoms with Crippen LogP contribution in [0.25, 0.3) is 0 Å². The minimum Gasteiger partial charge on any atom is -0.454 e. The normalized spacial score (nSPS) is 16.1. The number of esters is 1. The second-order valence-corrected chi connectivity index (χ2v) is 9.09. The smallest absolute Gasteiger partial charge is 0.312 e. The maximum atomic E-state index is 13.1. The zero-order valence-electron chi connectivity index (χ0n) is 18.7. The summed E-state index contributed by atoms with van der Waals surface area (Å²) in [7, 11) is 0. The molecule has 178 valence electrons. The standard InChI is InChI=1S/C27H21Cl2NO5/c1-16(25(32)18-7-9-20(28)10-8-18)35-27(34)19-13-24(31)30(15-19)23-12-11-21(29)14-22(23)26(33)17-5-3-2-4-6-17/h2-12,14,16,19H,13,15H2,1H3/t16-,19+/m1/s1. The van der Waals surface area contributed by atoms with Crippen molar-refractivity contribution >= 4 is 52.3 Å². The van der Waals surface area contributed by atoms with Crippen molar-refractivity contribution in [2.24, 2.45) is 5.92 Å². The van der Waals surface area contributed by atoms with Crippen LogP contribution >= 0.6 is 23.2 Å². The molecule has 1 amide bonds. The lowest BCUT2D eigenvalue weighted by atomic mass is 10.0. The van der Waals surface area contributed by atoms with E-state index < -0.39 is 18.0 Å². The van der Waals surface area contributed by atoms with E-state index in [-0.39, 0.29) is 36.0 Å². The first kappa shape index (κ1) is 24.6. The maximum Gasteiger partial charge on any atom is 0.312 e. The molecule has 35 heavy (non-hydrogen) atoms. The first-order valence-electron chi connectivity index (χ1n) is 10.9. The molecule has 8 heteroatoms. The maximum absolute atomic E-state index is 13.1. The molecular weight excluding hydrogens is 489 g/mol. The van der Waals surface area contributed by atoms with Gasteiger partial charge in [0, 0.05) is 39.7 Å². The summed E-state index contributed by atoms with van der Waals surface area (Å²) in [6, 6.07) is 19.6. The lowest BCUT2D eigenvalue weighted by Crippen LogP contribution is -2.31. The average Bonchev–Trinajstić information content (AvgIpc) is 3.25. The topological polar surface area (TPSA) is 80.8 Å². The summed E-state index contributed by atoms with van der Waals surface area (Å²) < 4.78 is 5.39. The number of ketones is 2. The van der Waals surface area contributed by atoms with E-state index in [2.05, 4.69) is 0 Å². The molecule has 3 aromatic rings. The van der Waals surface area contributed by atoms with Crippen LogP contribution in [0.2, 0.25) is 10.0 Å². The molecule has 0 aliphatic carbocycles. The lowest BCUT2D eigenvalue weighted by Gasteiger charge is -2.20. The zero-order chi connectivity index (χ0) is 25.1. The van der Waals surface area contributed by atoms with Crippen LogP contribution in [0.3, 0.4) is 0 Å². The van der Waals surface area contributed by atoms with Crippen molar-refractivity contribution < 1.29 is 23.9 Å². The number of Topliss-reactive ketones (excluding diaryl/α,β-unsaturated/α-hetero) is 1. The number of anilines is 1. The molecule has 6 nitrogen and oxygen atoms in total. The van der Waals surface area contributed by atoms with Crippen molar-refractivity contribution in [3.63, 3.8) is 0 Å². The van der Waals surface area contributed by atoms with Crippen molar-refractivity contribution in [1.82, 2.24) is 0 Å². The SMILES string of the molecule is C[C@@H](OC(=O)[C@H]1CC(=O)N(c2ccc(Cl)cc2C(=O)c2ccccc2)C1)C(=O)c1ccc(Cl)cc1. The van der Waals surface area contributed by atoms with Crippen LogP contribution < -0.4 is 4.90 Å². The van der Waals surface area contributed by atoms with Crippen LogP contribution in [0.5, 0.6) is 0 Å². The van der Waals surface area contributed by atoms with Gasteiger partial charge in [-0.25, -0.2) is 0 Å².